The highest BCUT2D eigenvalue weighted by atomic mass is 14.8. The zero-order chi connectivity index (χ0) is 10.2. The molecule has 1 heteroatoms. The van der Waals surface area contributed by atoms with Gasteiger partial charge in [0.25, 0.3) is 0 Å². The highest BCUT2D eigenvalue weighted by Crippen LogP contribution is 2.32. The van der Waals surface area contributed by atoms with Gasteiger partial charge in [-0.15, -0.1) is 0 Å². The molecule has 76 valence electrons. The lowest BCUT2D eigenvalue weighted by atomic mass is 9.87. The standard InChI is InChI=1S/C13H19N/c1-10(2)7-13(14)8-11-5-3-4-6-12(11)9-13/h3-6,10H,7-9,14H2,1-2H3. The fraction of sp³-hybridized carbons (Fsp3) is 0.538. The molecule has 1 aromatic carbocycles. The minimum atomic E-state index is 0.0256. The molecule has 1 aliphatic rings. The topological polar surface area (TPSA) is 26.0 Å². The SMILES string of the molecule is CC(C)CC1(N)Cc2ccccc2C1. The van der Waals surface area contributed by atoms with Crippen molar-refractivity contribution >= 4 is 0 Å². The Balaban J connectivity index is 2.17. The van der Waals surface area contributed by atoms with Crippen LogP contribution in [0.4, 0.5) is 0 Å². The molecule has 1 nitrogen and oxygen atoms in total. The Labute approximate surface area is 86.3 Å². The summed E-state index contributed by atoms with van der Waals surface area (Å²) in [5.74, 6) is 0.689. The van der Waals surface area contributed by atoms with Gasteiger partial charge in [0.1, 0.15) is 0 Å². The largest absolute Gasteiger partial charge is 0.324 e. The lowest BCUT2D eigenvalue weighted by Gasteiger charge is -2.25. The van der Waals surface area contributed by atoms with Gasteiger partial charge in [-0.05, 0) is 36.3 Å². The highest BCUT2D eigenvalue weighted by Gasteiger charge is 2.33. The first-order valence-corrected chi connectivity index (χ1v) is 5.45. The maximum atomic E-state index is 6.41. The van der Waals surface area contributed by atoms with Gasteiger partial charge in [-0.2, -0.15) is 0 Å². The Bertz CT molecular complexity index is 303. The summed E-state index contributed by atoms with van der Waals surface area (Å²) in [6.07, 6.45) is 3.24. The van der Waals surface area contributed by atoms with Gasteiger partial charge in [0.2, 0.25) is 0 Å². The molecule has 0 atom stereocenters. The predicted octanol–water partition coefficient (Wildman–Crippen LogP) is 2.53. The van der Waals surface area contributed by atoms with Crippen molar-refractivity contribution in [3.63, 3.8) is 0 Å². The van der Waals surface area contributed by atoms with Crippen molar-refractivity contribution in [2.45, 2.75) is 38.6 Å². The molecule has 0 amide bonds. The van der Waals surface area contributed by atoms with Crippen molar-refractivity contribution in [3.8, 4) is 0 Å². The zero-order valence-electron chi connectivity index (χ0n) is 9.09. The van der Waals surface area contributed by atoms with E-state index >= 15 is 0 Å². The first-order chi connectivity index (χ1) is 6.59. The van der Waals surface area contributed by atoms with Crippen LogP contribution in [0.2, 0.25) is 0 Å². The summed E-state index contributed by atoms with van der Waals surface area (Å²) in [6, 6.07) is 8.65. The lowest BCUT2D eigenvalue weighted by molar-refractivity contribution is 0.355. The predicted molar refractivity (Wildman–Crippen MR) is 60.2 cm³/mol. The quantitative estimate of drug-likeness (QED) is 0.760. The first-order valence-electron chi connectivity index (χ1n) is 5.45. The molecular weight excluding hydrogens is 170 g/mol. The first kappa shape index (κ1) is 9.72. The van der Waals surface area contributed by atoms with E-state index in [9.17, 15) is 0 Å². The number of nitrogens with two attached hydrogens (primary N) is 1. The van der Waals surface area contributed by atoms with E-state index in [4.69, 9.17) is 5.73 Å². The van der Waals surface area contributed by atoms with Gasteiger partial charge >= 0.3 is 0 Å². The molecule has 0 heterocycles. The maximum absolute atomic E-state index is 6.41. The van der Waals surface area contributed by atoms with E-state index in [0.29, 0.717) is 5.92 Å². The summed E-state index contributed by atoms with van der Waals surface area (Å²) in [5.41, 5.74) is 9.34. The molecule has 0 bridgehead atoms. The Morgan fingerprint density at radius 1 is 1.21 bits per heavy atom. The molecule has 0 unspecified atom stereocenters. The molecule has 0 radical (unpaired) electrons. The van der Waals surface area contributed by atoms with Crippen LogP contribution in [-0.2, 0) is 12.8 Å². The van der Waals surface area contributed by atoms with E-state index in [1.54, 1.807) is 0 Å². The van der Waals surface area contributed by atoms with E-state index < -0.39 is 0 Å². The van der Waals surface area contributed by atoms with Gasteiger partial charge in [-0.25, -0.2) is 0 Å². The Kier molecular flexibility index (Phi) is 2.36. The lowest BCUT2D eigenvalue weighted by Crippen LogP contribution is -2.41. The summed E-state index contributed by atoms with van der Waals surface area (Å²) < 4.78 is 0. The van der Waals surface area contributed by atoms with Crippen LogP contribution in [0, 0.1) is 5.92 Å². The molecule has 0 saturated heterocycles. The van der Waals surface area contributed by atoms with Gasteiger partial charge in [0.05, 0.1) is 0 Å². The molecule has 0 aliphatic heterocycles. The van der Waals surface area contributed by atoms with Crippen LogP contribution in [0.3, 0.4) is 0 Å². The summed E-state index contributed by atoms with van der Waals surface area (Å²) in [5, 5.41) is 0. The minimum absolute atomic E-state index is 0.0256. The molecule has 2 rings (SSSR count). The molecule has 14 heavy (non-hydrogen) atoms. The number of benzene rings is 1. The number of hydrogen-bond acceptors (Lipinski definition) is 1. The molecule has 0 saturated carbocycles. The van der Waals surface area contributed by atoms with Gasteiger partial charge in [-0.1, -0.05) is 38.1 Å². The second kappa shape index (κ2) is 3.39. The van der Waals surface area contributed by atoms with Crippen LogP contribution >= 0.6 is 0 Å². The summed E-state index contributed by atoms with van der Waals surface area (Å²) >= 11 is 0. The molecule has 1 aromatic rings. The maximum Gasteiger partial charge on any atom is 0.0238 e. The molecule has 0 fully saturated rings. The second-order valence-electron chi connectivity index (χ2n) is 5.08. The third-order valence-electron chi connectivity index (χ3n) is 3.02. The van der Waals surface area contributed by atoms with Crippen molar-refractivity contribution in [2.75, 3.05) is 0 Å². The fourth-order valence-electron chi connectivity index (χ4n) is 2.68. The third kappa shape index (κ3) is 1.83. The van der Waals surface area contributed by atoms with E-state index in [-0.39, 0.29) is 5.54 Å². The fourth-order valence-corrected chi connectivity index (χ4v) is 2.68. The Morgan fingerprint density at radius 3 is 2.14 bits per heavy atom. The Hall–Kier alpha value is -0.820. The van der Waals surface area contributed by atoms with Crippen molar-refractivity contribution in [1.29, 1.82) is 0 Å². The van der Waals surface area contributed by atoms with Crippen molar-refractivity contribution in [1.82, 2.24) is 0 Å². The normalized spacial score (nSPS) is 18.6. The van der Waals surface area contributed by atoms with Gasteiger partial charge < -0.3 is 5.73 Å². The highest BCUT2D eigenvalue weighted by molar-refractivity contribution is 5.35. The monoisotopic (exact) mass is 189 g/mol. The van der Waals surface area contributed by atoms with Crippen molar-refractivity contribution < 1.29 is 0 Å². The average Bonchev–Trinajstić information content (AvgIpc) is 2.38. The molecule has 0 aromatic heterocycles. The molecule has 2 N–H and O–H groups in total. The smallest absolute Gasteiger partial charge is 0.0238 e. The molecule has 1 aliphatic carbocycles. The van der Waals surface area contributed by atoms with Crippen LogP contribution < -0.4 is 5.73 Å². The van der Waals surface area contributed by atoms with E-state index in [1.165, 1.54) is 11.1 Å². The molecule has 0 spiro atoms. The molecular formula is C13H19N. The van der Waals surface area contributed by atoms with Crippen LogP contribution in [0.1, 0.15) is 31.4 Å². The van der Waals surface area contributed by atoms with Gasteiger partial charge in [0.15, 0.2) is 0 Å². The number of hydrogen-bond donors (Lipinski definition) is 1. The summed E-state index contributed by atoms with van der Waals surface area (Å²) in [4.78, 5) is 0. The summed E-state index contributed by atoms with van der Waals surface area (Å²) in [7, 11) is 0. The Morgan fingerprint density at radius 2 is 1.71 bits per heavy atom. The summed E-state index contributed by atoms with van der Waals surface area (Å²) in [6.45, 7) is 4.50. The van der Waals surface area contributed by atoms with Crippen molar-refractivity contribution in [2.24, 2.45) is 11.7 Å². The number of rotatable bonds is 2. The van der Waals surface area contributed by atoms with E-state index in [1.807, 2.05) is 0 Å². The van der Waals surface area contributed by atoms with Crippen LogP contribution in [0.15, 0.2) is 24.3 Å². The van der Waals surface area contributed by atoms with Crippen LogP contribution in [0.5, 0.6) is 0 Å². The van der Waals surface area contributed by atoms with Gasteiger partial charge in [-0.3, -0.25) is 0 Å². The third-order valence-corrected chi connectivity index (χ3v) is 3.02. The van der Waals surface area contributed by atoms with Crippen LogP contribution in [0.25, 0.3) is 0 Å². The second-order valence-corrected chi connectivity index (χ2v) is 5.08. The van der Waals surface area contributed by atoms with E-state index in [2.05, 4.69) is 38.1 Å². The average molecular weight is 189 g/mol. The van der Waals surface area contributed by atoms with Gasteiger partial charge in [0, 0.05) is 5.54 Å². The van der Waals surface area contributed by atoms with E-state index in [0.717, 1.165) is 19.3 Å². The minimum Gasteiger partial charge on any atom is -0.324 e. The number of fused-ring (bicyclic) bond motifs is 1. The van der Waals surface area contributed by atoms with Crippen LogP contribution in [-0.4, -0.2) is 5.54 Å². The van der Waals surface area contributed by atoms with Crippen molar-refractivity contribution in [3.05, 3.63) is 35.4 Å². The zero-order valence-corrected chi connectivity index (χ0v) is 9.09.